The molecule has 1 amide bonds. The summed E-state index contributed by atoms with van der Waals surface area (Å²) in [6, 6.07) is 10.1. The highest BCUT2D eigenvalue weighted by Crippen LogP contribution is 2.28. The molecule has 6 nitrogen and oxygen atoms in total. The number of hydrogen-bond donors (Lipinski definition) is 1. The Morgan fingerprint density at radius 1 is 1.30 bits per heavy atom. The predicted molar refractivity (Wildman–Crippen MR) is 87.6 cm³/mol. The van der Waals surface area contributed by atoms with Crippen molar-refractivity contribution >= 4 is 17.5 Å². The van der Waals surface area contributed by atoms with Gasteiger partial charge in [-0.3, -0.25) is 4.79 Å². The summed E-state index contributed by atoms with van der Waals surface area (Å²) in [5.74, 6) is 1.14. The molecule has 1 aromatic heterocycles. The van der Waals surface area contributed by atoms with Crippen LogP contribution in [0.15, 0.2) is 36.5 Å². The van der Waals surface area contributed by atoms with E-state index in [4.69, 9.17) is 4.74 Å². The van der Waals surface area contributed by atoms with Crippen LogP contribution in [0.2, 0.25) is 0 Å². The smallest absolute Gasteiger partial charge is 0.230 e. The lowest BCUT2D eigenvalue weighted by atomic mass is 10.2. The Hall–Kier alpha value is -2.63. The molecule has 1 aliphatic rings. The number of anilines is 2. The molecule has 1 aliphatic carbocycles. The molecule has 1 heterocycles. The minimum Gasteiger partial charge on any atom is -0.481 e. The Balaban J connectivity index is 1.65. The van der Waals surface area contributed by atoms with Crippen molar-refractivity contribution in [3.05, 3.63) is 42.1 Å². The maximum absolute atomic E-state index is 11.7. The Morgan fingerprint density at radius 2 is 2.04 bits per heavy atom. The van der Waals surface area contributed by atoms with Crippen molar-refractivity contribution in [2.75, 3.05) is 12.4 Å². The van der Waals surface area contributed by atoms with Crippen molar-refractivity contribution in [2.45, 2.75) is 32.4 Å². The average Bonchev–Trinajstić information content (AvgIpc) is 3.39. The van der Waals surface area contributed by atoms with E-state index in [0.29, 0.717) is 24.4 Å². The van der Waals surface area contributed by atoms with Crippen molar-refractivity contribution in [1.82, 2.24) is 14.9 Å². The van der Waals surface area contributed by atoms with Gasteiger partial charge in [0, 0.05) is 37.5 Å². The first-order valence-corrected chi connectivity index (χ1v) is 7.66. The van der Waals surface area contributed by atoms with Crippen molar-refractivity contribution in [1.29, 1.82) is 0 Å². The van der Waals surface area contributed by atoms with Crippen LogP contribution in [0.5, 0.6) is 5.88 Å². The highest BCUT2D eigenvalue weighted by molar-refractivity contribution is 5.74. The molecule has 0 radical (unpaired) electrons. The minimum absolute atomic E-state index is 0.138. The molecule has 0 aliphatic heterocycles. The summed E-state index contributed by atoms with van der Waals surface area (Å²) in [7, 11) is 1.57. The van der Waals surface area contributed by atoms with Crippen LogP contribution in [0.25, 0.3) is 0 Å². The third kappa shape index (κ3) is 3.97. The van der Waals surface area contributed by atoms with E-state index < -0.39 is 0 Å². The number of rotatable bonds is 6. The summed E-state index contributed by atoms with van der Waals surface area (Å²) < 4.78 is 5.08. The number of nitrogens with one attached hydrogen (secondary N) is 1. The Bertz CT molecular complexity index is 683. The van der Waals surface area contributed by atoms with Gasteiger partial charge in [-0.15, -0.1) is 0 Å². The van der Waals surface area contributed by atoms with Crippen LogP contribution in [0.3, 0.4) is 0 Å². The topological polar surface area (TPSA) is 67.3 Å². The number of carbonyl (C=O) groups is 1. The molecule has 1 aromatic carbocycles. The minimum atomic E-state index is 0.138. The van der Waals surface area contributed by atoms with Gasteiger partial charge in [0.25, 0.3) is 0 Å². The molecule has 120 valence electrons. The van der Waals surface area contributed by atoms with Gasteiger partial charge < -0.3 is 15.0 Å². The first-order chi connectivity index (χ1) is 11.2. The largest absolute Gasteiger partial charge is 0.481 e. The molecule has 0 unspecified atom stereocenters. The summed E-state index contributed by atoms with van der Waals surface area (Å²) in [6.07, 6.45) is 3.88. The van der Waals surface area contributed by atoms with Crippen LogP contribution in [0.1, 0.15) is 25.3 Å². The Morgan fingerprint density at radius 3 is 2.65 bits per heavy atom. The van der Waals surface area contributed by atoms with E-state index in [1.807, 2.05) is 29.2 Å². The monoisotopic (exact) mass is 312 g/mol. The van der Waals surface area contributed by atoms with Gasteiger partial charge in [-0.2, -0.15) is 4.98 Å². The third-order valence-electron chi connectivity index (χ3n) is 3.79. The first kappa shape index (κ1) is 15.3. The number of aromatic nitrogens is 2. The molecular weight excluding hydrogens is 292 g/mol. The SMILES string of the molecule is COc1ccnc(Nc2ccc(CN(C(C)=O)C3CC3)cc2)n1. The van der Waals surface area contributed by atoms with Gasteiger partial charge in [-0.25, -0.2) is 4.98 Å². The van der Waals surface area contributed by atoms with E-state index in [1.165, 1.54) is 0 Å². The number of carbonyl (C=O) groups excluding carboxylic acids is 1. The van der Waals surface area contributed by atoms with E-state index in [9.17, 15) is 4.79 Å². The second-order valence-corrected chi connectivity index (χ2v) is 5.62. The van der Waals surface area contributed by atoms with E-state index >= 15 is 0 Å². The fraction of sp³-hybridized carbons (Fsp3) is 0.353. The van der Waals surface area contributed by atoms with Gasteiger partial charge >= 0.3 is 0 Å². The van der Waals surface area contributed by atoms with Gasteiger partial charge in [0.15, 0.2) is 0 Å². The number of hydrogen-bond acceptors (Lipinski definition) is 5. The van der Waals surface area contributed by atoms with Gasteiger partial charge in [0.2, 0.25) is 17.7 Å². The lowest BCUT2D eigenvalue weighted by molar-refractivity contribution is -0.130. The van der Waals surface area contributed by atoms with Gasteiger partial charge in [-0.1, -0.05) is 12.1 Å². The molecular formula is C17H20N4O2. The van der Waals surface area contributed by atoms with E-state index in [-0.39, 0.29) is 5.91 Å². The molecule has 0 atom stereocenters. The van der Waals surface area contributed by atoms with Gasteiger partial charge in [0.1, 0.15) is 0 Å². The lowest BCUT2D eigenvalue weighted by Crippen LogP contribution is -2.30. The number of amides is 1. The zero-order valence-electron chi connectivity index (χ0n) is 13.3. The highest BCUT2D eigenvalue weighted by Gasteiger charge is 2.30. The maximum atomic E-state index is 11.7. The lowest BCUT2D eigenvalue weighted by Gasteiger charge is -2.20. The Kier molecular flexibility index (Phi) is 4.41. The van der Waals surface area contributed by atoms with Crippen LogP contribution in [0.4, 0.5) is 11.6 Å². The number of ether oxygens (including phenoxy) is 1. The quantitative estimate of drug-likeness (QED) is 0.888. The van der Waals surface area contributed by atoms with Crippen molar-refractivity contribution in [3.63, 3.8) is 0 Å². The van der Waals surface area contributed by atoms with Gasteiger partial charge in [0.05, 0.1) is 7.11 Å². The normalized spacial score (nSPS) is 13.5. The summed E-state index contributed by atoms with van der Waals surface area (Å²) in [4.78, 5) is 22.0. The van der Waals surface area contributed by atoms with Gasteiger partial charge in [-0.05, 0) is 30.5 Å². The summed E-state index contributed by atoms with van der Waals surface area (Å²) in [5.41, 5.74) is 2.01. The summed E-state index contributed by atoms with van der Waals surface area (Å²) in [5, 5.41) is 3.13. The van der Waals surface area contributed by atoms with E-state index in [1.54, 1.807) is 26.3 Å². The fourth-order valence-electron chi connectivity index (χ4n) is 2.42. The zero-order valence-corrected chi connectivity index (χ0v) is 13.3. The fourth-order valence-corrected chi connectivity index (χ4v) is 2.42. The van der Waals surface area contributed by atoms with Crippen molar-refractivity contribution in [3.8, 4) is 5.88 Å². The molecule has 1 fully saturated rings. The van der Waals surface area contributed by atoms with Crippen LogP contribution in [-0.4, -0.2) is 33.9 Å². The van der Waals surface area contributed by atoms with Crippen LogP contribution in [-0.2, 0) is 11.3 Å². The number of methoxy groups -OCH3 is 1. The number of nitrogens with zero attached hydrogens (tertiary/aromatic N) is 3. The van der Waals surface area contributed by atoms with Crippen molar-refractivity contribution in [2.24, 2.45) is 0 Å². The molecule has 1 N–H and O–H groups in total. The maximum Gasteiger partial charge on any atom is 0.230 e. The average molecular weight is 312 g/mol. The first-order valence-electron chi connectivity index (χ1n) is 7.66. The molecule has 1 saturated carbocycles. The third-order valence-corrected chi connectivity index (χ3v) is 3.79. The van der Waals surface area contributed by atoms with Crippen LogP contribution in [0, 0.1) is 0 Å². The second-order valence-electron chi connectivity index (χ2n) is 5.62. The van der Waals surface area contributed by atoms with E-state index in [0.717, 1.165) is 24.1 Å². The molecule has 2 aromatic rings. The summed E-state index contributed by atoms with van der Waals surface area (Å²) >= 11 is 0. The van der Waals surface area contributed by atoms with Crippen LogP contribution >= 0.6 is 0 Å². The highest BCUT2D eigenvalue weighted by atomic mass is 16.5. The van der Waals surface area contributed by atoms with Crippen molar-refractivity contribution < 1.29 is 9.53 Å². The standard InChI is InChI=1S/C17H20N4O2/c1-12(22)21(15-7-8-15)11-13-3-5-14(6-4-13)19-17-18-10-9-16(20-17)23-2/h3-6,9-10,15H,7-8,11H2,1-2H3,(H,18,19,20). The molecule has 0 spiro atoms. The van der Waals surface area contributed by atoms with Crippen LogP contribution < -0.4 is 10.1 Å². The molecule has 6 heteroatoms. The number of benzene rings is 1. The molecule has 0 bridgehead atoms. The second kappa shape index (κ2) is 6.64. The zero-order chi connectivity index (χ0) is 16.2. The molecule has 3 rings (SSSR count). The molecule has 23 heavy (non-hydrogen) atoms. The predicted octanol–water partition coefficient (Wildman–Crippen LogP) is 2.74. The Labute approximate surface area is 135 Å². The molecule has 0 saturated heterocycles. The summed E-state index contributed by atoms with van der Waals surface area (Å²) in [6.45, 7) is 2.30. The van der Waals surface area contributed by atoms with E-state index in [2.05, 4.69) is 15.3 Å².